The van der Waals surface area contributed by atoms with Crippen LogP contribution in [0.3, 0.4) is 0 Å². The van der Waals surface area contributed by atoms with Crippen molar-refractivity contribution in [3.63, 3.8) is 0 Å². The summed E-state index contributed by atoms with van der Waals surface area (Å²) in [7, 11) is 0. The number of aromatic amines is 1. The standard InChI is InChI=1S/C13H14N4O/c18-13(16-6-9-5-14-8-17-9)11-7-15-12-4-2-1-3-10(11)12/h1-5,8,11,15H,6-7H2,(H,14,17)(H,16,18). The molecule has 0 saturated carbocycles. The van der Waals surface area contributed by atoms with Gasteiger partial charge in [0.25, 0.3) is 0 Å². The van der Waals surface area contributed by atoms with Crippen LogP contribution in [0.15, 0.2) is 36.8 Å². The second-order valence-electron chi connectivity index (χ2n) is 4.32. The first-order chi connectivity index (χ1) is 8.84. The summed E-state index contributed by atoms with van der Waals surface area (Å²) in [6.45, 7) is 1.14. The van der Waals surface area contributed by atoms with Gasteiger partial charge in [0.1, 0.15) is 0 Å². The molecule has 1 aromatic heterocycles. The number of anilines is 1. The fraction of sp³-hybridized carbons (Fsp3) is 0.231. The molecule has 0 fully saturated rings. The zero-order valence-corrected chi connectivity index (χ0v) is 9.81. The van der Waals surface area contributed by atoms with Crippen molar-refractivity contribution in [3.05, 3.63) is 48.0 Å². The third-order valence-electron chi connectivity index (χ3n) is 3.16. The lowest BCUT2D eigenvalue weighted by atomic mass is 10.0. The molecule has 1 amide bonds. The zero-order valence-electron chi connectivity index (χ0n) is 9.81. The summed E-state index contributed by atoms with van der Waals surface area (Å²) < 4.78 is 0. The monoisotopic (exact) mass is 242 g/mol. The summed E-state index contributed by atoms with van der Waals surface area (Å²) in [6.07, 6.45) is 3.31. The molecule has 2 heterocycles. The lowest BCUT2D eigenvalue weighted by molar-refractivity contribution is -0.122. The number of rotatable bonds is 3. The van der Waals surface area contributed by atoms with Gasteiger partial charge in [-0.1, -0.05) is 18.2 Å². The van der Waals surface area contributed by atoms with Gasteiger partial charge in [-0.3, -0.25) is 4.79 Å². The van der Waals surface area contributed by atoms with Crippen LogP contribution in [-0.4, -0.2) is 22.4 Å². The molecule has 0 saturated heterocycles. The Morgan fingerprint density at radius 2 is 2.33 bits per heavy atom. The van der Waals surface area contributed by atoms with E-state index in [0.29, 0.717) is 13.1 Å². The lowest BCUT2D eigenvalue weighted by Crippen LogP contribution is -2.30. The molecule has 5 heteroatoms. The minimum atomic E-state index is -0.107. The van der Waals surface area contributed by atoms with Crippen LogP contribution in [0, 0.1) is 0 Å². The Kier molecular flexibility index (Phi) is 2.72. The van der Waals surface area contributed by atoms with Crippen LogP contribution in [0.25, 0.3) is 0 Å². The Morgan fingerprint density at radius 3 is 3.17 bits per heavy atom. The predicted molar refractivity (Wildman–Crippen MR) is 68.1 cm³/mol. The van der Waals surface area contributed by atoms with E-state index in [1.165, 1.54) is 0 Å². The second-order valence-corrected chi connectivity index (χ2v) is 4.32. The largest absolute Gasteiger partial charge is 0.384 e. The Morgan fingerprint density at radius 1 is 1.44 bits per heavy atom. The van der Waals surface area contributed by atoms with Crippen LogP contribution in [0.4, 0.5) is 5.69 Å². The lowest BCUT2D eigenvalue weighted by Gasteiger charge is -2.10. The first-order valence-electron chi connectivity index (χ1n) is 5.92. The highest BCUT2D eigenvalue weighted by Gasteiger charge is 2.27. The van der Waals surface area contributed by atoms with E-state index in [2.05, 4.69) is 20.6 Å². The number of carbonyl (C=O) groups excluding carboxylic acids is 1. The summed E-state index contributed by atoms with van der Waals surface area (Å²) in [4.78, 5) is 19.0. The zero-order chi connectivity index (χ0) is 12.4. The number of imidazole rings is 1. The van der Waals surface area contributed by atoms with Crippen molar-refractivity contribution >= 4 is 11.6 Å². The van der Waals surface area contributed by atoms with Gasteiger partial charge in [0.2, 0.25) is 5.91 Å². The molecule has 18 heavy (non-hydrogen) atoms. The smallest absolute Gasteiger partial charge is 0.229 e. The summed E-state index contributed by atoms with van der Waals surface area (Å²) in [6, 6.07) is 7.92. The molecule has 1 atom stereocenters. The van der Waals surface area contributed by atoms with Gasteiger partial charge in [0.05, 0.1) is 24.5 Å². The second kappa shape index (κ2) is 4.52. The molecule has 0 aliphatic carbocycles. The quantitative estimate of drug-likeness (QED) is 0.758. The molecular formula is C13H14N4O. The van der Waals surface area contributed by atoms with E-state index in [0.717, 1.165) is 16.9 Å². The third kappa shape index (κ3) is 1.95. The van der Waals surface area contributed by atoms with E-state index >= 15 is 0 Å². The topological polar surface area (TPSA) is 69.8 Å². The van der Waals surface area contributed by atoms with Crippen molar-refractivity contribution in [2.45, 2.75) is 12.5 Å². The van der Waals surface area contributed by atoms with Gasteiger partial charge in [-0.15, -0.1) is 0 Å². The number of nitrogens with one attached hydrogen (secondary N) is 3. The van der Waals surface area contributed by atoms with Crippen molar-refractivity contribution in [3.8, 4) is 0 Å². The number of nitrogens with zero attached hydrogens (tertiary/aromatic N) is 1. The molecule has 1 aromatic carbocycles. The van der Waals surface area contributed by atoms with Gasteiger partial charge < -0.3 is 15.6 Å². The van der Waals surface area contributed by atoms with E-state index in [1.54, 1.807) is 12.5 Å². The Balaban J connectivity index is 1.67. The molecule has 92 valence electrons. The molecular weight excluding hydrogens is 228 g/mol. The van der Waals surface area contributed by atoms with Gasteiger partial charge in [-0.05, 0) is 11.6 Å². The van der Waals surface area contributed by atoms with Crippen LogP contribution >= 0.6 is 0 Å². The maximum absolute atomic E-state index is 12.1. The molecule has 2 aromatic rings. The van der Waals surface area contributed by atoms with Crippen molar-refractivity contribution in [1.29, 1.82) is 0 Å². The van der Waals surface area contributed by atoms with Crippen LogP contribution in [0.2, 0.25) is 0 Å². The van der Waals surface area contributed by atoms with E-state index in [9.17, 15) is 4.79 Å². The van der Waals surface area contributed by atoms with Crippen LogP contribution in [0.5, 0.6) is 0 Å². The number of benzene rings is 1. The number of hydrogen-bond acceptors (Lipinski definition) is 3. The first kappa shape index (κ1) is 10.8. The highest BCUT2D eigenvalue weighted by molar-refractivity contribution is 5.88. The van der Waals surface area contributed by atoms with Gasteiger partial charge in [0.15, 0.2) is 0 Å². The van der Waals surface area contributed by atoms with Gasteiger partial charge in [-0.2, -0.15) is 0 Å². The molecule has 3 rings (SSSR count). The minimum absolute atomic E-state index is 0.0436. The maximum atomic E-state index is 12.1. The van der Waals surface area contributed by atoms with Crippen molar-refractivity contribution < 1.29 is 4.79 Å². The van der Waals surface area contributed by atoms with E-state index in [4.69, 9.17) is 0 Å². The van der Waals surface area contributed by atoms with Crippen LogP contribution in [0.1, 0.15) is 17.2 Å². The molecule has 1 aliphatic heterocycles. The summed E-state index contributed by atoms with van der Waals surface area (Å²) in [5.41, 5.74) is 3.03. The summed E-state index contributed by atoms with van der Waals surface area (Å²) in [5.74, 6) is -0.0637. The molecule has 0 radical (unpaired) electrons. The Bertz CT molecular complexity index is 550. The number of carbonyl (C=O) groups is 1. The predicted octanol–water partition coefficient (Wildman–Crippen LogP) is 1.24. The highest BCUT2D eigenvalue weighted by atomic mass is 16.1. The molecule has 1 unspecified atom stereocenters. The molecule has 1 aliphatic rings. The third-order valence-corrected chi connectivity index (χ3v) is 3.16. The van der Waals surface area contributed by atoms with Crippen LogP contribution < -0.4 is 10.6 Å². The highest BCUT2D eigenvalue weighted by Crippen LogP contribution is 2.30. The number of para-hydroxylation sites is 1. The van der Waals surface area contributed by atoms with Crippen molar-refractivity contribution in [2.24, 2.45) is 0 Å². The van der Waals surface area contributed by atoms with Crippen LogP contribution in [-0.2, 0) is 11.3 Å². The number of H-pyrrole nitrogens is 1. The average Bonchev–Trinajstić information content (AvgIpc) is 3.05. The molecule has 0 bridgehead atoms. The molecule has 5 nitrogen and oxygen atoms in total. The molecule has 0 spiro atoms. The molecule has 3 N–H and O–H groups in total. The maximum Gasteiger partial charge on any atom is 0.229 e. The van der Waals surface area contributed by atoms with Gasteiger partial charge in [0, 0.05) is 18.4 Å². The summed E-state index contributed by atoms with van der Waals surface area (Å²) in [5, 5.41) is 6.16. The van der Waals surface area contributed by atoms with Crippen molar-refractivity contribution in [2.75, 3.05) is 11.9 Å². The van der Waals surface area contributed by atoms with E-state index in [-0.39, 0.29) is 11.8 Å². The number of fused-ring (bicyclic) bond motifs is 1. The Hall–Kier alpha value is -2.30. The van der Waals surface area contributed by atoms with E-state index < -0.39 is 0 Å². The Labute approximate surface area is 105 Å². The SMILES string of the molecule is O=C(NCc1cnc[nH]1)C1CNc2ccccc21. The van der Waals surface area contributed by atoms with E-state index in [1.807, 2.05) is 24.3 Å². The van der Waals surface area contributed by atoms with Crippen molar-refractivity contribution in [1.82, 2.24) is 15.3 Å². The number of aromatic nitrogens is 2. The number of amides is 1. The van der Waals surface area contributed by atoms with Gasteiger partial charge >= 0.3 is 0 Å². The fourth-order valence-electron chi connectivity index (χ4n) is 2.20. The number of hydrogen-bond donors (Lipinski definition) is 3. The first-order valence-corrected chi connectivity index (χ1v) is 5.92. The average molecular weight is 242 g/mol. The summed E-state index contributed by atoms with van der Waals surface area (Å²) >= 11 is 0. The normalized spacial score (nSPS) is 17.0. The fourth-order valence-corrected chi connectivity index (χ4v) is 2.20. The minimum Gasteiger partial charge on any atom is -0.384 e. The van der Waals surface area contributed by atoms with Gasteiger partial charge in [-0.25, -0.2) is 4.98 Å².